The maximum absolute atomic E-state index is 13.9. The van der Waals surface area contributed by atoms with E-state index in [2.05, 4.69) is 47.8 Å². The molecular formula is C14H23Br3N3O4PS. The Kier molecular flexibility index (Phi) is 12.3. The molecule has 0 saturated heterocycles. The largest absolute Gasteiger partial charge is 0.346 e. The van der Waals surface area contributed by atoms with E-state index >= 15 is 0 Å². The van der Waals surface area contributed by atoms with Crippen molar-refractivity contribution in [2.24, 2.45) is 0 Å². The molecule has 0 fully saturated rings. The van der Waals surface area contributed by atoms with E-state index in [-0.39, 0.29) is 11.6 Å². The molecule has 0 bridgehead atoms. The Morgan fingerprint density at radius 3 is 2.08 bits per heavy atom. The van der Waals surface area contributed by atoms with Gasteiger partial charge in [-0.3, -0.25) is 14.7 Å². The van der Waals surface area contributed by atoms with Crippen LogP contribution in [0.3, 0.4) is 0 Å². The van der Waals surface area contributed by atoms with Crippen molar-refractivity contribution in [2.45, 2.75) is 20.0 Å². The summed E-state index contributed by atoms with van der Waals surface area (Å²) in [6.07, 6.45) is 0.849. The summed E-state index contributed by atoms with van der Waals surface area (Å²) in [7, 11) is -3.27. The van der Waals surface area contributed by atoms with Gasteiger partial charge in [-0.05, 0) is 12.5 Å². The highest BCUT2D eigenvalue weighted by atomic mass is 79.9. The van der Waals surface area contributed by atoms with Gasteiger partial charge < -0.3 is 4.52 Å². The van der Waals surface area contributed by atoms with Gasteiger partial charge in [0.25, 0.3) is 0 Å². The summed E-state index contributed by atoms with van der Waals surface area (Å²) in [5.74, 6) is 0. The van der Waals surface area contributed by atoms with Crippen LogP contribution in [0, 0.1) is 10.1 Å². The van der Waals surface area contributed by atoms with Crippen LogP contribution in [0.2, 0.25) is 0 Å². The van der Waals surface area contributed by atoms with Crippen molar-refractivity contribution in [1.82, 2.24) is 9.34 Å². The Morgan fingerprint density at radius 1 is 1.12 bits per heavy atom. The summed E-state index contributed by atoms with van der Waals surface area (Å²) in [6.45, 7) is 4.52. The SMILES string of the molecule is CCCN(CCBr)P(=O)(OCc1ccc([N+](=O)[O-])s1)N(CCBr)CCBr. The van der Waals surface area contributed by atoms with E-state index in [9.17, 15) is 14.7 Å². The molecule has 12 heteroatoms. The lowest BCUT2D eigenvalue weighted by molar-refractivity contribution is -0.380. The number of hydrogen-bond acceptors (Lipinski definition) is 5. The van der Waals surface area contributed by atoms with Crippen LogP contribution in [0.4, 0.5) is 5.00 Å². The molecule has 0 aliphatic rings. The van der Waals surface area contributed by atoms with Gasteiger partial charge in [-0.25, -0.2) is 9.34 Å². The highest BCUT2D eigenvalue weighted by Crippen LogP contribution is 2.55. The molecule has 0 radical (unpaired) electrons. The van der Waals surface area contributed by atoms with Gasteiger partial charge in [0.05, 0.1) is 11.5 Å². The molecule has 1 heterocycles. The Labute approximate surface area is 183 Å². The minimum absolute atomic E-state index is 0.0575. The highest BCUT2D eigenvalue weighted by Gasteiger charge is 2.37. The summed E-state index contributed by atoms with van der Waals surface area (Å²) in [5, 5.41) is 12.9. The fraction of sp³-hybridized carbons (Fsp3) is 0.714. The van der Waals surface area contributed by atoms with Gasteiger partial charge in [-0.2, -0.15) is 0 Å². The number of alkyl halides is 3. The second-order valence-corrected chi connectivity index (χ2v) is 11.1. The molecule has 0 aliphatic heterocycles. The van der Waals surface area contributed by atoms with E-state index in [1.54, 1.807) is 6.07 Å². The second kappa shape index (κ2) is 13.0. The van der Waals surface area contributed by atoms with Crippen molar-refractivity contribution in [3.8, 4) is 0 Å². The molecule has 0 aromatic carbocycles. The zero-order chi connectivity index (χ0) is 19.6. The van der Waals surface area contributed by atoms with Crippen LogP contribution in [0.25, 0.3) is 0 Å². The minimum atomic E-state index is -3.27. The molecule has 0 N–H and O–H groups in total. The van der Waals surface area contributed by atoms with E-state index in [1.165, 1.54) is 6.07 Å². The summed E-state index contributed by atoms with van der Waals surface area (Å²) in [6, 6.07) is 3.10. The van der Waals surface area contributed by atoms with Gasteiger partial charge in [0.1, 0.15) is 0 Å². The average Bonchev–Trinajstić information content (AvgIpc) is 3.09. The Balaban J connectivity index is 3.06. The third kappa shape index (κ3) is 7.24. The van der Waals surface area contributed by atoms with Crippen LogP contribution in [0.15, 0.2) is 12.1 Å². The molecule has 0 aliphatic carbocycles. The minimum Gasteiger partial charge on any atom is -0.300 e. The van der Waals surface area contributed by atoms with Gasteiger partial charge in [-0.1, -0.05) is 66.1 Å². The zero-order valence-corrected chi connectivity index (χ0v) is 21.0. The van der Waals surface area contributed by atoms with Crippen molar-refractivity contribution < 1.29 is 14.0 Å². The topological polar surface area (TPSA) is 75.9 Å². The summed E-state index contributed by atoms with van der Waals surface area (Å²) in [5.41, 5.74) is 0. The third-order valence-electron chi connectivity index (χ3n) is 3.43. The van der Waals surface area contributed by atoms with E-state index in [4.69, 9.17) is 4.52 Å². The van der Waals surface area contributed by atoms with Gasteiger partial charge in [-0.15, -0.1) is 0 Å². The molecule has 150 valence electrons. The fourth-order valence-corrected chi connectivity index (χ4v) is 7.74. The Morgan fingerprint density at radius 2 is 1.65 bits per heavy atom. The quantitative estimate of drug-likeness (QED) is 0.122. The highest BCUT2D eigenvalue weighted by molar-refractivity contribution is 9.09. The van der Waals surface area contributed by atoms with E-state index in [0.717, 1.165) is 17.8 Å². The molecule has 0 saturated carbocycles. The molecule has 1 unspecified atom stereocenters. The molecule has 0 spiro atoms. The van der Waals surface area contributed by atoms with E-state index < -0.39 is 12.6 Å². The van der Waals surface area contributed by atoms with Gasteiger partial charge in [0.15, 0.2) is 0 Å². The molecule has 26 heavy (non-hydrogen) atoms. The predicted molar refractivity (Wildman–Crippen MR) is 118 cm³/mol. The first-order valence-electron chi connectivity index (χ1n) is 8.09. The van der Waals surface area contributed by atoms with E-state index in [0.29, 0.717) is 47.0 Å². The number of nitro groups is 1. The third-order valence-corrected chi connectivity index (χ3v) is 8.20. The molecule has 7 nitrogen and oxygen atoms in total. The summed E-state index contributed by atoms with van der Waals surface area (Å²) < 4.78 is 23.6. The average molecular weight is 600 g/mol. The lowest BCUT2D eigenvalue weighted by Crippen LogP contribution is -2.36. The summed E-state index contributed by atoms with van der Waals surface area (Å²) >= 11 is 11.3. The van der Waals surface area contributed by atoms with Crippen molar-refractivity contribution in [1.29, 1.82) is 0 Å². The fourth-order valence-electron chi connectivity index (χ4n) is 2.31. The predicted octanol–water partition coefficient (Wildman–Crippen LogP) is 5.48. The number of halogens is 3. The van der Waals surface area contributed by atoms with Crippen LogP contribution in [-0.2, 0) is 15.7 Å². The van der Waals surface area contributed by atoms with Crippen molar-refractivity contribution >= 4 is 71.8 Å². The van der Waals surface area contributed by atoms with Crippen LogP contribution in [0.1, 0.15) is 18.2 Å². The standard InChI is InChI=1S/C14H23Br3N3O4PS/c1-2-8-18(9-5-15)25(23,19(10-6-16)11-7-17)24-12-13-3-4-14(26-13)20(21)22/h3-4H,2,5-12H2,1H3. The van der Waals surface area contributed by atoms with Crippen molar-refractivity contribution in [3.05, 3.63) is 27.1 Å². The van der Waals surface area contributed by atoms with Gasteiger partial charge in [0.2, 0.25) is 0 Å². The molecule has 1 aromatic heterocycles. The second-order valence-electron chi connectivity index (χ2n) is 5.24. The Bertz CT molecular complexity index is 576. The number of hydrogen-bond donors (Lipinski definition) is 0. The zero-order valence-electron chi connectivity index (χ0n) is 14.5. The molecule has 0 amide bonds. The van der Waals surface area contributed by atoms with Gasteiger partial charge in [0, 0.05) is 53.1 Å². The Hall–Kier alpha value is 0.650. The molecular weight excluding hydrogens is 577 g/mol. The van der Waals surface area contributed by atoms with Crippen LogP contribution in [-0.4, -0.2) is 56.4 Å². The smallest absolute Gasteiger partial charge is 0.300 e. The van der Waals surface area contributed by atoms with Crippen LogP contribution in [0.5, 0.6) is 0 Å². The van der Waals surface area contributed by atoms with Crippen LogP contribution < -0.4 is 0 Å². The first-order valence-corrected chi connectivity index (χ1v) is 13.8. The van der Waals surface area contributed by atoms with Crippen molar-refractivity contribution in [3.63, 3.8) is 0 Å². The van der Waals surface area contributed by atoms with E-state index in [1.807, 2.05) is 16.3 Å². The first-order chi connectivity index (χ1) is 12.4. The van der Waals surface area contributed by atoms with Crippen LogP contribution >= 0.6 is 66.8 Å². The van der Waals surface area contributed by atoms with Gasteiger partial charge >= 0.3 is 12.7 Å². The monoisotopic (exact) mass is 597 g/mol. The lowest BCUT2D eigenvalue weighted by Gasteiger charge is -2.37. The van der Waals surface area contributed by atoms with Crippen molar-refractivity contribution in [2.75, 3.05) is 42.2 Å². The molecule has 1 rings (SSSR count). The number of rotatable bonds is 14. The molecule has 1 aromatic rings. The normalized spacial score (nSPS) is 14.1. The maximum Gasteiger partial charge on any atom is 0.346 e. The lowest BCUT2D eigenvalue weighted by atomic mass is 10.5. The molecule has 1 atom stereocenters. The number of nitrogens with zero attached hydrogens (tertiary/aromatic N) is 3. The summed E-state index contributed by atoms with van der Waals surface area (Å²) in [4.78, 5) is 11.1. The number of thiophene rings is 1. The first kappa shape index (κ1) is 24.7. The maximum atomic E-state index is 13.9.